The molecule has 1 amide bonds. The van der Waals surface area contributed by atoms with E-state index < -0.39 is 0 Å². The molecule has 0 fully saturated rings. The first-order valence-corrected chi connectivity index (χ1v) is 3.83. The van der Waals surface area contributed by atoms with E-state index in [2.05, 4.69) is 23.5 Å². The van der Waals surface area contributed by atoms with Crippen molar-refractivity contribution < 1.29 is 4.79 Å². The molecule has 1 aromatic heterocycles. The lowest BCUT2D eigenvalue weighted by atomic mass is 10.7. The fourth-order valence-electron chi connectivity index (χ4n) is 0.587. The fourth-order valence-corrected chi connectivity index (χ4v) is 1.33. The summed E-state index contributed by atoms with van der Waals surface area (Å²) in [5.74, 6) is -0.126. The second kappa shape index (κ2) is 2.84. The first kappa shape index (κ1) is 7.94. The number of carbonyl (C=O) groups excluding carboxylic acids is 1. The second-order valence-electron chi connectivity index (χ2n) is 2.07. The molecule has 0 spiro atoms. The van der Waals surface area contributed by atoms with Gasteiger partial charge in [0.15, 0.2) is 5.13 Å². The molecule has 4 heteroatoms. The van der Waals surface area contributed by atoms with Gasteiger partial charge in [-0.1, -0.05) is 24.5 Å². The molecule has 1 heterocycles. The summed E-state index contributed by atoms with van der Waals surface area (Å²) < 4.78 is 0.786. The van der Waals surface area contributed by atoms with E-state index in [4.69, 9.17) is 0 Å². The van der Waals surface area contributed by atoms with E-state index in [0.717, 1.165) is 4.53 Å². The molecule has 1 aromatic rings. The molecule has 0 unspecified atom stereocenters. The monoisotopic (exact) mass is 168 g/mol. The number of carbonyl (C=O) groups is 1. The molecule has 0 aliphatic carbocycles. The van der Waals surface area contributed by atoms with Crippen molar-refractivity contribution in [3.05, 3.63) is 9.88 Å². The van der Waals surface area contributed by atoms with E-state index in [1.165, 1.54) is 18.3 Å². The van der Waals surface area contributed by atoms with Crippen LogP contribution in [0.15, 0.2) is 0 Å². The molecule has 11 heavy (non-hydrogen) atoms. The van der Waals surface area contributed by atoms with Crippen molar-refractivity contribution in [1.29, 1.82) is 0 Å². The summed E-state index contributed by atoms with van der Waals surface area (Å²) >= 11 is 1.33. The lowest BCUT2D eigenvalue weighted by Gasteiger charge is -1.91. The third-order valence-corrected chi connectivity index (χ3v) is 1.93. The second-order valence-corrected chi connectivity index (χ2v) is 3.15. The van der Waals surface area contributed by atoms with Gasteiger partial charge in [-0.25, -0.2) is 4.98 Å². The third-order valence-electron chi connectivity index (χ3n) is 1.06. The smallest absolute Gasteiger partial charge is 0.223 e. The van der Waals surface area contributed by atoms with Gasteiger partial charge in [0, 0.05) is 11.5 Å². The van der Waals surface area contributed by atoms with E-state index in [0.29, 0.717) is 10.5 Å². The average Bonchev–Trinajstić information content (AvgIpc) is 2.10. The lowest BCUT2D eigenvalue weighted by molar-refractivity contribution is -0.114. The van der Waals surface area contributed by atoms with Gasteiger partial charge in [-0.15, -0.1) is 0 Å². The zero-order valence-electron chi connectivity index (χ0n) is 6.18. The van der Waals surface area contributed by atoms with Crippen LogP contribution in [0, 0.1) is 0 Å². The standard InChI is InChI=1S/C7H8N2OS/c1-4-5(2)11-7(8-4)9-6(3)10/h1-2H2,3H3,(H,8,9,10). The zero-order valence-corrected chi connectivity index (χ0v) is 6.99. The van der Waals surface area contributed by atoms with Crippen molar-refractivity contribution in [2.75, 3.05) is 5.32 Å². The van der Waals surface area contributed by atoms with Crippen molar-refractivity contribution in [1.82, 2.24) is 4.98 Å². The highest BCUT2D eigenvalue weighted by Crippen LogP contribution is 2.01. The number of nitrogens with one attached hydrogen (secondary N) is 1. The normalized spacial score (nSPS) is 9.55. The number of hydrogen-bond donors (Lipinski definition) is 1. The van der Waals surface area contributed by atoms with E-state index >= 15 is 0 Å². The minimum atomic E-state index is -0.126. The van der Waals surface area contributed by atoms with Gasteiger partial charge in [0.25, 0.3) is 0 Å². The molecule has 0 radical (unpaired) electrons. The summed E-state index contributed by atoms with van der Waals surface area (Å²) in [6, 6.07) is 0. The van der Waals surface area contributed by atoms with Crippen LogP contribution in [0.1, 0.15) is 6.92 Å². The van der Waals surface area contributed by atoms with Crippen LogP contribution in [-0.2, 0) is 4.79 Å². The minimum Gasteiger partial charge on any atom is -0.302 e. The van der Waals surface area contributed by atoms with Crippen LogP contribution in [0.5, 0.6) is 0 Å². The Morgan fingerprint density at radius 3 is 2.64 bits per heavy atom. The average molecular weight is 168 g/mol. The van der Waals surface area contributed by atoms with Crippen LogP contribution in [0.3, 0.4) is 0 Å². The van der Waals surface area contributed by atoms with E-state index in [1.54, 1.807) is 0 Å². The molecule has 1 N–H and O–H groups in total. The van der Waals surface area contributed by atoms with Gasteiger partial charge in [0.1, 0.15) is 0 Å². The Bertz CT molecular complexity index is 341. The first-order chi connectivity index (χ1) is 5.09. The van der Waals surface area contributed by atoms with Gasteiger partial charge >= 0.3 is 0 Å². The van der Waals surface area contributed by atoms with Crippen molar-refractivity contribution in [2.24, 2.45) is 0 Å². The molecule has 0 atom stereocenters. The van der Waals surface area contributed by atoms with Crippen LogP contribution in [0.25, 0.3) is 13.2 Å². The molecule has 3 nitrogen and oxygen atoms in total. The lowest BCUT2D eigenvalue weighted by Crippen LogP contribution is -2.16. The molecular formula is C7H8N2OS. The van der Waals surface area contributed by atoms with Gasteiger partial charge < -0.3 is 5.32 Å². The summed E-state index contributed by atoms with van der Waals surface area (Å²) in [5, 5.41) is 3.74. The Kier molecular flexibility index (Phi) is 2.05. The summed E-state index contributed by atoms with van der Waals surface area (Å²) in [6.07, 6.45) is 0. The van der Waals surface area contributed by atoms with Gasteiger partial charge in [-0.3, -0.25) is 4.79 Å². The number of anilines is 1. The van der Waals surface area contributed by atoms with Crippen molar-refractivity contribution >= 4 is 35.5 Å². The summed E-state index contributed by atoms with van der Waals surface area (Å²) in [7, 11) is 0. The zero-order chi connectivity index (χ0) is 8.43. The number of hydrogen-bond acceptors (Lipinski definition) is 3. The molecule has 0 bridgehead atoms. The van der Waals surface area contributed by atoms with Crippen molar-refractivity contribution in [3.8, 4) is 0 Å². The Morgan fingerprint density at radius 1 is 1.64 bits per heavy atom. The molecule has 0 saturated carbocycles. The maximum absolute atomic E-state index is 10.5. The summed E-state index contributed by atoms with van der Waals surface area (Å²) in [4.78, 5) is 14.5. The van der Waals surface area contributed by atoms with Crippen molar-refractivity contribution in [2.45, 2.75) is 6.92 Å². The summed E-state index contributed by atoms with van der Waals surface area (Å²) in [6.45, 7) is 8.76. The van der Waals surface area contributed by atoms with E-state index in [-0.39, 0.29) is 5.91 Å². The SMILES string of the molecule is C=c1nc(NC(C)=O)sc1=C. The molecular weight excluding hydrogens is 160 g/mol. The van der Waals surface area contributed by atoms with Crippen molar-refractivity contribution in [3.63, 3.8) is 0 Å². The quantitative estimate of drug-likeness (QED) is 0.637. The van der Waals surface area contributed by atoms with Gasteiger partial charge in [-0.2, -0.15) is 0 Å². The Labute approximate surface area is 68.1 Å². The largest absolute Gasteiger partial charge is 0.302 e. The van der Waals surface area contributed by atoms with Crippen LogP contribution in [0.4, 0.5) is 5.13 Å². The maximum atomic E-state index is 10.5. The van der Waals surface area contributed by atoms with Gasteiger partial charge in [-0.05, 0) is 0 Å². The highest BCUT2D eigenvalue weighted by atomic mass is 32.1. The third kappa shape index (κ3) is 1.88. The Balaban J connectivity index is 2.99. The first-order valence-electron chi connectivity index (χ1n) is 3.02. The van der Waals surface area contributed by atoms with Crippen LogP contribution in [-0.4, -0.2) is 10.9 Å². The highest BCUT2D eigenvalue weighted by molar-refractivity contribution is 7.13. The van der Waals surface area contributed by atoms with Crippen LogP contribution >= 0.6 is 11.3 Å². The molecule has 0 saturated heterocycles. The van der Waals surface area contributed by atoms with E-state index in [9.17, 15) is 4.79 Å². The molecule has 0 aliphatic rings. The minimum absolute atomic E-state index is 0.126. The van der Waals surface area contributed by atoms with Crippen LogP contribution in [0.2, 0.25) is 0 Å². The number of thiazole rings is 1. The topological polar surface area (TPSA) is 42.0 Å². The maximum Gasteiger partial charge on any atom is 0.223 e. The predicted octanol–water partition coefficient (Wildman–Crippen LogP) is -0.0779. The Hall–Kier alpha value is -1.16. The fraction of sp³-hybridized carbons (Fsp3) is 0.143. The highest BCUT2D eigenvalue weighted by Gasteiger charge is 1.97. The number of rotatable bonds is 1. The van der Waals surface area contributed by atoms with Gasteiger partial charge in [0.2, 0.25) is 5.91 Å². The number of nitrogens with zero attached hydrogens (tertiary/aromatic N) is 1. The van der Waals surface area contributed by atoms with Gasteiger partial charge in [0.05, 0.1) is 5.35 Å². The number of aromatic nitrogens is 1. The predicted molar refractivity (Wildman–Crippen MR) is 46.7 cm³/mol. The van der Waals surface area contributed by atoms with E-state index in [1.807, 2.05) is 0 Å². The molecule has 0 aromatic carbocycles. The molecule has 1 rings (SSSR count). The summed E-state index contributed by atoms with van der Waals surface area (Å²) in [5.41, 5.74) is 0. The van der Waals surface area contributed by atoms with Crippen LogP contribution < -0.4 is 15.2 Å². The molecule has 58 valence electrons. The number of amides is 1. The molecule has 0 aliphatic heterocycles. The Morgan fingerprint density at radius 2 is 2.27 bits per heavy atom.